The minimum absolute atomic E-state index is 0.286. The molecule has 2 unspecified atom stereocenters. The predicted molar refractivity (Wildman–Crippen MR) is 112 cm³/mol. The summed E-state index contributed by atoms with van der Waals surface area (Å²) in [6.07, 6.45) is 2.17. The summed E-state index contributed by atoms with van der Waals surface area (Å²) < 4.78 is 18.6. The fourth-order valence-electron chi connectivity index (χ4n) is 3.67. The molecule has 0 aliphatic carbocycles. The average molecular weight is 426 g/mol. The van der Waals surface area contributed by atoms with E-state index in [0.29, 0.717) is 29.7 Å². The van der Waals surface area contributed by atoms with Crippen molar-refractivity contribution in [2.24, 2.45) is 0 Å². The van der Waals surface area contributed by atoms with Crippen molar-refractivity contribution in [3.8, 4) is 0 Å². The number of aromatic nitrogens is 1. The third-order valence-corrected chi connectivity index (χ3v) is 5.27. The molecule has 2 N–H and O–H groups in total. The van der Waals surface area contributed by atoms with Gasteiger partial charge in [0.1, 0.15) is 5.82 Å². The van der Waals surface area contributed by atoms with Gasteiger partial charge in [-0.1, -0.05) is 35.5 Å². The van der Waals surface area contributed by atoms with Crippen LogP contribution in [0.4, 0.5) is 4.39 Å². The van der Waals surface area contributed by atoms with E-state index in [4.69, 9.17) is 14.7 Å². The molecule has 31 heavy (non-hydrogen) atoms. The maximum atomic E-state index is 13.3. The van der Waals surface area contributed by atoms with Crippen LogP contribution in [0.2, 0.25) is 0 Å². The molecule has 1 aliphatic heterocycles. The van der Waals surface area contributed by atoms with Crippen LogP contribution in [0.5, 0.6) is 0 Å². The molecule has 7 nitrogen and oxygen atoms in total. The van der Waals surface area contributed by atoms with Gasteiger partial charge in [-0.05, 0) is 37.6 Å². The Hall–Kier alpha value is -3.52. The number of rotatable bonds is 5. The molecule has 0 saturated carbocycles. The maximum absolute atomic E-state index is 13.3. The molecule has 3 aromatic rings. The Morgan fingerprint density at radius 3 is 2.48 bits per heavy atom. The molecule has 0 amide bonds. The Balaban J connectivity index is 0.000000293. The van der Waals surface area contributed by atoms with Gasteiger partial charge < -0.3 is 14.7 Å². The first kappa shape index (κ1) is 22.2. The van der Waals surface area contributed by atoms with Crippen LogP contribution in [-0.2, 0) is 9.59 Å². The topological polar surface area (TPSA) is 104 Å². The van der Waals surface area contributed by atoms with E-state index in [1.54, 1.807) is 6.07 Å². The first-order valence-electron chi connectivity index (χ1n) is 9.83. The van der Waals surface area contributed by atoms with Crippen LogP contribution in [0.15, 0.2) is 65.2 Å². The number of nitrogens with zero attached hydrogens (tertiary/aromatic N) is 2. The zero-order valence-electron chi connectivity index (χ0n) is 16.9. The van der Waals surface area contributed by atoms with E-state index in [1.807, 2.05) is 6.07 Å². The van der Waals surface area contributed by atoms with Gasteiger partial charge in [0.15, 0.2) is 5.58 Å². The molecule has 162 valence electrons. The maximum Gasteiger partial charge on any atom is 0.328 e. The molecule has 1 aliphatic rings. The number of carboxylic acids is 2. The Labute approximate surface area is 178 Å². The summed E-state index contributed by atoms with van der Waals surface area (Å²) in [6.45, 7) is 4.24. The largest absolute Gasteiger partial charge is 0.478 e. The van der Waals surface area contributed by atoms with Crippen molar-refractivity contribution >= 4 is 22.9 Å². The van der Waals surface area contributed by atoms with Crippen LogP contribution in [0.3, 0.4) is 0 Å². The third kappa shape index (κ3) is 5.76. The molecule has 2 atom stereocenters. The Morgan fingerprint density at radius 1 is 1.16 bits per heavy atom. The molecular formula is C23H23FN2O5. The smallest absolute Gasteiger partial charge is 0.328 e. The third-order valence-electron chi connectivity index (χ3n) is 5.27. The highest BCUT2D eigenvalue weighted by Crippen LogP contribution is 2.35. The number of halogens is 1. The van der Waals surface area contributed by atoms with E-state index in [2.05, 4.69) is 41.2 Å². The van der Waals surface area contributed by atoms with E-state index in [1.165, 1.54) is 17.7 Å². The number of hydrogen-bond donors (Lipinski definition) is 2. The summed E-state index contributed by atoms with van der Waals surface area (Å²) in [5, 5.41) is 20.8. The van der Waals surface area contributed by atoms with E-state index in [0.717, 1.165) is 30.6 Å². The second-order valence-corrected chi connectivity index (χ2v) is 7.29. The highest BCUT2D eigenvalue weighted by molar-refractivity contribution is 5.89. The summed E-state index contributed by atoms with van der Waals surface area (Å²) in [6, 6.07) is 15.6. The summed E-state index contributed by atoms with van der Waals surface area (Å²) in [4.78, 5) is 21.6. The number of likely N-dealkylation sites (tertiary alicyclic amines) is 1. The highest BCUT2D eigenvalue weighted by Gasteiger charge is 2.30. The lowest BCUT2D eigenvalue weighted by Crippen LogP contribution is -2.24. The van der Waals surface area contributed by atoms with Crippen LogP contribution in [-0.4, -0.2) is 45.3 Å². The zero-order valence-corrected chi connectivity index (χ0v) is 16.9. The molecule has 2 aromatic carbocycles. The molecule has 1 fully saturated rings. The van der Waals surface area contributed by atoms with Gasteiger partial charge in [0, 0.05) is 42.1 Å². The second-order valence-electron chi connectivity index (χ2n) is 7.29. The van der Waals surface area contributed by atoms with E-state index >= 15 is 0 Å². The molecular weight excluding hydrogens is 403 g/mol. The number of carbonyl (C=O) groups is 2. The van der Waals surface area contributed by atoms with Gasteiger partial charge in [0.05, 0.1) is 5.69 Å². The molecule has 0 spiro atoms. The molecule has 1 saturated heterocycles. The molecule has 2 heterocycles. The van der Waals surface area contributed by atoms with E-state index in [-0.39, 0.29) is 5.82 Å². The zero-order chi connectivity index (χ0) is 22.4. The van der Waals surface area contributed by atoms with Crippen LogP contribution in [0, 0.1) is 5.82 Å². The first-order valence-corrected chi connectivity index (χ1v) is 9.83. The first-order chi connectivity index (χ1) is 14.8. The fraction of sp³-hybridized carbons (Fsp3) is 0.261. The quantitative estimate of drug-likeness (QED) is 0.589. The van der Waals surface area contributed by atoms with Crippen molar-refractivity contribution in [2.75, 3.05) is 13.1 Å². The van der Waals surface area contributed by atoms with Crippen molar-refractivity contribution in [1.82, 2.24) is 10.1 Å². The van der Waals surface area contributed by atoms with Gasteiger partial charge >= 0.3 is 11.9 Å². The standard InChI is InChI=1S/C19H19FN2O.C4H4O4/c1-13(14-5-3-2-4-6-14)22-10-9-15(12-22)19-17-8-7-16(20)11-18(17)23-21-19;5-3(6)1-2-4(7)8/h2-8,11,13,15H,9-10,12H2,1H3;1-2H,(H,5,6)(H,7,8). The Morgan fingerprint density at radius 2 is 1.84 bits per heavy atom. The lowest BCUT2D eigenvalue weighted by molar-refractivity contribution is -0.134. The van der Waals surface area contributed by atoms with Crippen LogP contribution < -0.4 is 0 Å². The Bertz CT molecular complexity index is 1060. The average Bonchev–Trinajstić information content (AvgIpc) is 3.39. The minimum atomic E-state index is -1.26. The minimum Gasteiger partial charge on any atom is -0.478 e. The second kappa shape index (κ2) is 9.99. The molecule has 1 aromatic heterocycles. The van der Waals surface area contributed by atoms with Crippen molar-refractivity contribution in [3.63, 3.8) is 0 Å². The van der Waals surface area contributed by atoms with Crippen LogP contribution >= 0.6 is 0 Å². The molecule has 8 heteroatoms. The molecule has 0 bridgehead atoms. The number of benzene rings is 2. The fourth-order valence-corrected chi connectivity index (χ4v) is 3.67. The monoisotopic (exact) mass is 426 g/mol. The van der Waals surface area contributed by atoms with Crippen LogP contribution in [0.1, 0.15) is 36.6 Å². The normalized spacial score (nSPS) is 17.4. The summed E-state index contributed by atoms with van der Waals surface area (Å²) >= 11 is 0. The van der Waals surface area contributed by atoms with Crippen molar-refractivity contribution in [1.29, 1.82) is 0 Å². The predicted octanol–water partition coefficient (Wildman–Crippen LogP) is 4.23. The summed E-state index contributed by atoms with van der Waals surface area (Å²) in [7, 11) is 0. The molecule has 0 radical (unpaired) electrons. The van der Waals surface area contributed by atoms with E-state index < -0.39 is 11.9 Å². The van der Waals surface area contributed by atoms with Gasteiger partial charge in [-0.15, -0.1) is 0 Å². The van der Waals surface area contributed by atoms with Gasteiger partial charge in [-0.2, -0.15) is 0 Å². The number of aliphatic carboxylic acids is 2. The van der Waals surface area contributed by atoms with Gasteiger partial charge in [-0.25, -0.2) is 14.0 Å². The van der Waals surface area contributed by atoms with E-state index in [9.17, 15) is 14.0 Å². The molecule has 4 rings (SSSR count). The number of carboxylic acid groups (broad SMARTS) is 2. The Kier molecular flexibility index (Phi) is 7.15. The number of hydrogen-bond acceptors (Lipinski definition) is 5. The van der Waals surface area contributed by atoms with Crippen LogP contribution in [0.25, 0.3) is 11.0 Å². The van der Waals surface area contributed by atoms with Crippen molar-refractivity contribution in [3.05, 3.63) is 77.8 Å². The van der Waals surface area contributed by atoms with Crippen molar-refractivity contribution in [2.45, 2.75) is 25.3 Å². The lowest BCUT2D eigenvalue weighted by Gasteiger charge is -2.24. The van der Waals surface area contributed by atoms with Gasteiger partial charge in [0.2, 0.25) is 0 Å². The number of fused-ring (bicyclic) bond motifs is 1. The van der Waals surface area contributed by atoms with Crippen molar-refractivity contribution < 1.29 is 28.7 Å². The van der Waals surface area contributed by atoms with Gasteiger partial charge in [0.25, 0.3) is 0 Å². The highest BCUT2D eigenvalue weighted by atomic mass is 19.1. The van der Waals surface area contributed by atoms with Gasteiger partial charge in [-0.3, -0.25) is 4.90 Å². The lowest BCUT2D eigenvalue weighted by atomic mass is 10.0. The SMILES string of the molecule is CC(c1ccccc1)N1CCC(c2noc3cc(F)ccc23)C1.O=C(O)C=CC(=O)O. The summed E-state index contributed by atoms with van der Waals surface area (Å²) in [5.41, 5.74) is 2.83. The summed E-state index contributed by atoms with van der Waals surface area (Å²) in [5.74, 6) is -2.46.